The molecule has 4 aromatic rings. The predicted octanol–water partition coefficient (Wildman–Crippen LogP) is 4.50. The zero-order valence-electron chi connectivity index (χ0n) is 16.0. The standard InChI is InChI=1S/C22H21N5O/c1-22(2,3)27-20-17(18(26-27)15-10-6-4-7-11-15)19(23-14-24-20)25-21(28)16-12-8-5-9-13-16/h4-14H,1-3H3,(H,23,24,25,28). The number of carbonyl (C=O) groups is 1. The number of fused-ring (bicyclic) bond motifs is 1. The van der Waals surface area contributed by atoms with Crippen LogP contribution in [0, 0.1) is 0 Å². The minimum absolute atomic E-state index is 0.219. The molecular weight excluding hydrogens is 350 g/mol. The first-order chi connectivity index (χ1) is 13.4. The van der Waals surface area contributed by atoms with Crippen molar-refractivity contribution in [3.63, 3.8) is 0 Å². The largest absolute Gasteiger partial charge is 0.306 e. The minimum atomic E-state index is -0.277. The Balaban J connectivity index is 1.90. The topological polar surface area (TPSA) is 72.7 Å². The summed E-state index contributed by atoms with van der Waals surface area (Å²) >= 11 is 0. The molecule has 0 atom stereocenters. The van der Waals surface area contributed by atoms with Gasteiger partial charge in [0.15, 0.2) is 5.65 Å². The lowest BCUT2D eigenvalue weighted by Gasteiger charge is -2.19. The highest BCUT2D eigenvalue weighted by Crippen LogP contribution is 2.34. The van der Waals surface area contributed by atoms with E-state index >= 15 is 0 Å². The van der Waals surface area contributed by atoms with Crippen LogP contribution in [0.1, 0.15) is 31.1 Å². The summed E-state index contributed by atoms with van der Waals surface area (Å²) in [6.07, 6.45) is 1.46. The van der Waals surface area contributed by atoms with Crippen molar-refractivity contribution >= 4 is 22.8 Å². The van der Waals surface area contributed by atoms with Crippen LogP contribution in [0.2, 0.25) is 0 Å². The number of nitrogens with one attached hydrogen (secondary N) is 1. The number of hydrogen-bond donors (Lipinski definition) is 1. The second-order valence-corrected chi connectivity index (χ2v) is 7.54. The van der Waals surface area contributed by atoms with E-state index in [9.17, 15) is 4.79 Å². The maximum absolute atomic E-state index is 12.7. The second kappa shape index (κ2) is 6.88. The van der Waals surface area contributed by atoms with E-state index in [2.05, 4.69) is 36.1 Å². The molecular formula is C22H21N5O. The highest BCUT2D eigenvalue weighted by molar-refractivity contribution is 6.09. The summed E-state index contributed by atoms with van der Waals surface area (Å²) in [6, 6.07) is 18.9. The van der Waals surface area contributed by atoms with Gasteiger partial charge in [-0.3, -0.25) is 4.79 Å². The monoisotopic (exact) mass is 371 g/mol. The van der Waals surface area contributed by atoms with Crippen LogP contribution < -0.4 is 5.32 Å². The molecule has 2 heterocycles. The molecule has 1 amide bonds. The van der Waals surface area contributed by atoms with Crippen molar-refractivity contribution in [3.8, 4) is 11.3 Å². The molecule has 0 aliphatic heterocycles. The number of carbonyl (C=O) groups excluding carboxylic acids is 1. The van der Waals surface area contributed by atoms with Gasteiger partial charge in [0.2, 0.25) is 0 Å². The third kappa shape index (κ3) is 3.24. The van der Waals surface area contributed by atoms with Crippen molar-refractivity contribution in [1.82, 2.24) is 19.7 Å². The van der Waals surface area contributed by atoms with Crippen LogP contribution in [-0.2, 0) is 5.54 Å². The van der Waals surface area contributed by atoms with Crippen LogP contribution in [-0.4, -0.2) is 25.7 Å². The van der Waals surface area contributed by atoms with E-state index in [1.165, 1.54) is 6.33 Å². The van der Waals surface area contributed by atoms with Gasteiger partial charge in [0.05, 0.1) is 10.9 Å². The molecule has 1 N–H and O–H groups in total. The highest BCUT2D eigenvalue weighted by Gasteiger charge is 2.25. The van der Waals surface area contributed by atoms with Crippen LogP contribution in [0.25, 0.3) is 22.3 Å². The lowest BCUT2D eigenvalue weighted by molar-refractivity contribution is 0.102. The van der Waals surface area contributed by atoms with E-state index in [0.717, 1.165) is 16.6 Å². The van der Waals surface area contributed by atoms with Gasteiger partial charge in [-0.2, -0.15) is 5.10 Å². The number of hydrogen-bond acceptors (Lipinski definition) is 4. The molecule has 0 bridgehead atoms. The van der Waals surface area contributed by atoms with Gasteiger partial charge in [-0.15, -0.1) is 0 Å². The van der Waals surface area contributed by atoms with E-state index < -0.39 is 0 Å². The average Bonchev–Trinajstić information content (AvgIpc) is 3.10. The summed E-state index contributed by atoms with van der Waals surface area (Å²) < 4.78 is 1.88. The summed E-state index contributed by atoms with van der Waals surface area (Å²) in [5.74, 6) is 0.233. The Hall–Kier alpha value is -3.54. The first-order valence-electron chi connectivity index (χ1n) is 9.11. The Bertz CT molecular complexity index is 1130. The molecule has 0 fully saturated rings. The molecule has 28 heavy (non-hydrogen) atoms. The fourth-order valence-electron chi connectivity index (χ4n) is 3.08. The van der Waals surface area contributed by atoms with Gasteiger partial charge in [-0.1, -0.05) is 48.5 Å². The average molecular weight is 371 g/mol. The van der Waals surface area contributed by atoms with E-state index in [1.54, 1.807) is 12.1 Å². The number of aromatic nitrogens is 4. The van der Waals surface area contributed by atoms with Crippen molar-refractivity contribution in [2.75, 3.05) is 5.32 Å². The molecule has 0 saturated carbocycles. The quantitative estimate of drug-likeness (QED) is 0.575. The zero-order chi connectivity index (χ0) is 19.7. The van der Waals surface area contributed by atoms with Crippen LogP contribution in [0.3, 0.4) is 0 Å². The van der Waals surface area contributed by atoms with Crippen molar-refractivity contribution < 1.29 is 4.79 Å². The summed E-state index contributed by atoms with van der Waals surface area (Å²) in [4.78, 5) is 21.5. The van der Waals surface area contributed by atoms with Gasteiger partial charge < -0.3 is 5.32 Å². The van der Waals surface area contributed by atoms with Gasteiger partial charge in [-0.05, 0) is 32.9 Å². The Morgan fingerprint density at radius 3 is 2.21 bits per heavy atom. The maximum Gasteiger partial charge on any atom is 0.256 e. The molecule has 140 valence electrons. The number of benzene rings is 2. The van der Waals surface area contributed by atoms with E-state index in [1.807, 2.05) is 53.2 Å². The molecule has 4 rings (SSSR count). The number of amides is 1. The highest BCUT2D eigenvalue weighted by atomic mass is 16.1. The first kappa shape index (κ1) is 17.9. The number of anilines is 1. The minimum Gasteiger partial charge on any atom is -0.306 e. The van der Waals surface area contributed by atoms with Crippen molar-refractivity contribution in [2.45, 2.75) is 26.3 Å². The summed E-state index contributed by atoms with van der Waals surface area (Å²) in [5.41, 5.74) is 2.67. The molecule has 0 radical (unpaired) electrons. The van der Waals surface area contributed by atoms with Crippen molar-refractivity contribution in [2.24, 2.45) is 0 Å². The Labute approximate surface area is 163 Å². The predicted molar refractivity (Wildman–Crippen MR) is 110 cm³/mol. The van der Waals surface area contributed by atoms with Gasteiger partial charge in [-0.25, -0.2) is 14.6 Å². The molecule has 0 aliphatic carbocycles. The number of nitrogens with zero attached hydrogens (tertiary/aromatic N) is 4. The number of rotatable bonds is 3. The SMILES string of the molecule is CC(C)(C)n1nc(-c2ccccc2)c2c(NC(=O)c3ccccc3)ncnc21. The summed E-state index contributed by atoms with van der Waals surface area (Å²) in [7, 11) is 0. The van der Waals surface area contributed by atoms with Gasteiger partial charge in [0, 0.05) is 11.1 Å². The summed E-state index contributed by atoms with van der Waals surface area (Å²) in [5, 5.41) is 8.50. The zero-order valence-corrected chi connectivity index (χ0v) is 16.0. The van der Waals surface area contributed by atoms with E-state index in [-0.39, 0.29) is 11.4 Å². The molecule has 0 saturated heterocycles. The lowest BCUT2D eigenvalue weighted by atomic mass is 10.1. The molecule has 6 nitrogen and oxygen atoms in total. The Morgan fingerprint density at radius 1 is 0.929 bits per heavy atom. The smallest absolute Gasteiger partial charge is 0.256 e. The summed E-state index contributed by atoms with van der Waals surface area (Å²) in [6.45, 7) is 6.20. The van der Waals surface area contributed by atoms with Crippen molar-refractivity contribution in [1.29, 1.82) is 0 Å². The third-order valence-corrected chi connectivity index (χ3v) is 4.42. The lowest BCUT2D eigenvalue weighted by Crippen LogP contribution is -2.23. The normalized spacial score (nSPS) is 11.5. The van der Waals surface area contributed by atoms with Gasteiger partial charge in [0.1, 0.15) is 17.8 Å². The van der Waals surface area contributed by atoms with E-state index in [0.29, 0.717) is 17.0 Å². The second-order valence-electron chi connectivity index (χ2n) is 7.54. The van der Waals surface area contributed by atoms with E-state index in [4.69, 9.17) is 5.10 Å². The van der Waals surface area contributed by atoms with Crippen LogP contribution in [0.4, 0.5) is 5.82 Å². The molecule has 2 aromatic carbocycles. The first-order valence-corrected chi connectivity index (χ1v) is 9.11. The Kier molecular flexibility index (Phi) is 4.39. The van der Waals surface area contributed by atoms with Gasteiger partial charge >= 0.3 is 0 Å². The van der Waals surface area contributed by atoms with Crippen LogP contribution >= 0.6 is 0 Å². The molecule has 0 spiro atoms. The molecule has 2 aromatic heterocycles. The molecule has 0 aliphatic rings. The van der Waals surface area contributed by atoms with Crippen LogP contribution in [0.15, 0.2) is 67.0 Å². The third-order valence-electron chi connectivity index (χ3n) is 4.42. The van der Waals surface area contributed by atoms with Crippen molar-refractivity contribution in [3.05, 3.63) is 72.6 Å². The fourth-order valence-corrected chi connectivity index (χ4v) is 3.08. The van der Waals surface area contributed by atoms with Crippen LogP contribution in [0.5, 0.6) is 0 Å². The molecule has 0 unspecified atom stereocenters. The fraction of sp³-hybridized carbons (Fsp3) is 0.182. The Morgan fingerprint density at radius 2 is 1.57 bits per heavy atom. The maximum atomic E-state index is 12.7. The van der Waals surface area contributed by atoms with Gasteiger partial charge in [0.25, 0.3) is 5.91 Å². The molecule has 6 heteroatoms.